The Labute approximate surface area is 129 Å². The third kappa shape index (κ3) is 3.52. The number of benzene rings is 2. The number of ether oxygens (including phenoxy) is 1. The van der Waals surface area contributed by atoms with Crippen molar-refractivity contribution in [3.05, 3.63) is 62.6 Å². The van der Waals surface area contributed by atoms with E-state index in [0.29, 0.717) is 10.6 Å². The number of nitro benzene ring substituents is 1. The summed E-state index contributed by atoms with van der Waals surface area (Å²) in [7, 11) is 1.61. The number of thioether (sulfide) groups is 1. The zero-order valence-corrected chi connectivity index (χ0v) is 13.1. The molecule has 4 nitrogen and oxygen atoms in total. The van der Waals surface area contributed by atoms with Crippen LogP contribution in [0.3, 0.4) is 0 Å². The van der Waals surface area contributed by atoms with Crippen molar-refractivity contribution in [2.45, 2.75) is 10.6 Å². The summed E-state index contributed by atoms with van der Waals surface area (Å²) in [5.41, 5.74) is 1.17. The van der Waals surface area contributed by atoms with Crippen LogP contribution in [0.15, 0.2) is 51.8 Å². The van der Waals surface area contributed by atoms with E-state index < -0.39 is 0 Å². The molecule has 0 aliphatic rings. The Balaban J connectivity index is 2.19. The molecule has 2 aromatic rings. The van der Waals surface area contributed by atoms with Crippen molar-refractivity contribution in [2.75, 3.05) is 7.11 Å². The molecule has 0 N–H and O–H groups in total. The van der Waals surface area contributed by atoms with Gasteiger partial charge in [0.2, 0.25) is 0 Å². The van der Waals surface area contributed by atoms with Gasteiger partial charge in [-0.05, 0) is 29.8 Å². The maximum Gasteiger partial charge on any atom is 0.282 e. The average Bonchev–Trinajstić information content (AvgIpc) is 2.46. The minimum Gasteiger partial charge on any atom is -0.497 e. The number of rotatable bonds is 5. The molecule has 0 aromatic heterocycles. The van der Waals surface area contributed by atoms with E-state index in [9.17, 15) is 10.1 Å². The lowest BCUT2D eigenvalue weighted by atomic mass is 10.2. The molecule has 2 aromatic carbocycles. The molecule has 104 valence electrons. The van der Waals surface area contributed by atoms with Gasteiger partial charge in [0.05, 0.1) is 16.9 Å². The summed E-state index contributed by atoms with van der Waals surface area (Å²) in [5, 5.41) is 11.0. The third-order valence-corrected chi connectivity index (χ3v) is 4.58. The molecule has 0 fully saturated rings. The fourth-order valence-electron chi connectivity index (χ4n) is 1.67. The molecule has 0 aliphatic heterocycles. The predicted molar refractivity (Wildman–Crippen MR) is 83.4 cm³/mol. The van der Waals surface area contributed by atoms with Gasteiger partial charge in [-0.15, -0.1) is 11.8 Å². The first-order chi connectivity index (χ1) is 9.61. The van der Waals surface area contributed by atoms with E-state index in [2.05, 4.69) is 15.9 Å². The van der Waals surface area contributed by atoms with E-state index in [0.717, 1.165) is 15.8 Å². The van der Waals surface area contributed by atoms with Crippen LogP contribution in [-0.4, -0.2) is 12.0 Å². The molecule has 20 heavy (non-hydrogen) atoms. The van der Waals surface area contributed by atoms with Gasteiger partial charge >= 0.3 is 0 Å². The molecule has 0 heterocycles. The fraction of sp³-hybridized carbons (Fsp3) is 0.143. The van der Waals surface area contributed by atoms with Crippen LogP contribution in [0.4, 0.5) is 5.69 Å². The van der Waals surface area contributed by atoms with Gasteiger partial charge < -0.3 is 4.74 Å². The second-order valence-corrected chi connectivity index (χ2v) is 5.84. The van der Waals surface area contributed by atoms with Crippen LogP contribution >= 0.6 is 27.7 Å². The summed E-state index contributed by atoms with van der Waals surface area (Å²) in [5.74, 6) is 1.40. The summed E-state index contributed by atoms with van der Waals surface area (Å²) in [6, 6.07) is 12.4. The Morgan fingerprint density at radius 3 is 2.75 bits per heavy atom. The molecule has 0 atom stereocenters. The van der Waals surface area contributed by atoms with Crippen LogP contribution in [0.2, 0.25) is 0 Å². The van der Waals surface area contributed by atoms with Gasteiger partial charge in [0, 0.05) is 16.3 Å². The number of hydrogen-bond acceptors (Lipinski definition) is 4. The molecule has 0 radical (unpaired) electrons. The number of nitrogens with zero attached hydrogens (tertiary/aromatic N) is 1. The Morgan fingerprint density at radius 2 is 2.05 bits per heavy atom. The van der Waals surface area contributed by atoms with Crippen LogP contribution < -0.4 is 4.74 Å². The number of hydrogen-bond donors (Lipinski definition) is 0. The van der Waals surface area contributed by atoms with Crippen LogP contribution in [0, 0.1) is 10.1 Å². The molecular weight excluding hydrogens is 342 g/mol. The van der Waals surface area contributed by atoms with Crippen molar-refractivity contribution in [1.29, 1.82) is 0 Å². The minimum atomic E-state index is -0.358. The van der Waals surface area contributed by atoms with Gasteiger partial charge in [0.1, 0.15) is 5.75 Å². The van der Waals surface area contributed by atoms with Gasteiger partial charge in [-0.25, -0.2) is 0 Å². The fourth-order valence-corrected chi connectivity index (χ4v) is 3.26. The first kappa shape index (κ1) is 14.9. The summed E-state index contributed by atoms with van der Waals surface area (Å²) in [6.45, 7) is 0. The Hall–Kier alpha value is -1.53. The van der Waals surface area contributed by atoms with Crippen molar-refractivity contribution in [1.82, 2.24) is 0 Å². The van der Waals surface area contributed by atoms with E-state index in [-0.39, 0.29) is 10.6 Å². The molecule has 6 heteroatoms. The SMILES string of the molecule is COc1ccc(Br)c(CSc2ccccc2[N+](=O)[O-])c1. The molecule has 2 rings (SSSR count). The second-order valence-electron chi connectivity index (χ2n) is 3.97. The van der Waals surface area contributed by atoms with Gasteiger partial charge in [0.15, 0.2) is 0 Å². The summed E-state index contributed by atoms with van der Waals surface area (Å²) < 4.78 is 6.15. The summed E-state index contributed by atoms with van der Waals surface area (Å²) >= 11 is 4.91. The molecule has 0 spiro atoms. The Kier molecular flexibility index (Phi) is 5.03. The highest BCUT2D eigenvalue weighted by Crippen LogP contribution is 2.34. The molecule has 0 saturated carbocycles. The van der Waals surface area contributed by atoms with Gasteiger partial charge in [-0.3, -0.25) is 10.1 Å². The highest BCUT2D eigenvalue weighted by Gasteiger charge is 2.13. The van der Waals surface area contributed by atoms with E-state index in [4.69, 9.17) is 4.74 Å². The maximum atomic E-state index is 11.0. The largest absolute Gasteiger partial charge is 0.497 e. The summed E-state index contributed by atoms with van der Waals surface area (Å²) in [6.07, 6.45) is 0. The van der Waals surface area contributed by atoms with Gasteiger partial charge in [0.25, 0.3) is 5.69 Å². The van der Waals surface area contributed by atoms with E-state index in [1.165, 1.54) is 17.8 Å². The number of nitro groups is 1. The number of para-hydroxylation sites is 1. The maximum absolute atomic E-state index is 11.0. The first-order valence-corrected chi connectivity index (χ1v) is 7.58. The van der Waals surface area contributed by atoms with Crippen LogP contribution in [0.25, 0.3) is 0 Å². The number of halogens is 1. The topological polar surface area (TPSA) is 52.4 Å². The lowest BCUT2D eigenvalue weighted by Crippen LogP contribution is -1.91. The Bertz CT molecular complexity index is 634. The molecule has 0 saturated heterocycles. The smallest absolute Gasteiger partial charge is 0.282 e. The van der Waals surface area contributed by atoms with Gasteiger partial charge in [-0.2, -0.15) is 0 Å². The zero-order chi connectivity index (χ0) is 14.5. The van der Waals surface area contributed by atoms with Crippen LogP contribution in [-0.2, 0) is 5.75 Å². The number of methoxy groups -OCH3 is 1. The van der Waals surface area contributed by atoms with Crippen molar-refractivity contribution in [3.63, 3.8) is 0 Å². The van der Waals surface area contributed by atoms with Crippen molar-refractivity contribution in [2.24, 2.45) is 0 Å². The van der Waals surface area contributed by atoms with Crippen molar-refractivity contribution in [3.8, 4) is 5.75 Å². The van der Waals surface area contributed by atoms with Crippen LogP contribution in [0.5, 0.6) is 5.75 Å². The lowest BCUT2D eigenvalue weighted by Gasteiger charge is -2.07. The van der Waals surface area contributed by atoms with Crippen molar-refractivity contribution >= 4 is 33.4 Å². The Morgan fingerprint density at radius 1 is 1.30 bits per heavy atom. The highest BCUT2D eigenvalue weighted by molar-refractivity contribution is 9.10. The monoisotopic (exact) mass is 353 g/mol. The quantitative estimate of drug-likeness (QED) is 0.445. The van der Waals surface area contributed by atoms with Crippen LogP contribution in [0.1, 0.15) is 5.56 Å². The normalized spacial score (nSPS) is 10.3. The molecule has 0 aliphatic carbocycles. The second kappa shape index (κ2) is 6.76. The van der Waals surface area contributed by atoms with E-state index in [1.807, 2.05) is 18.2 Å². The summed E-state index contributed by atoms with van der Waals surface area (Å²) in [4.78, 5) is 11.3. The molecule has 0 amide bonds. The average molecular weight is 354 g/mol. The predicted octanol–water partition coefficient (Wildman–Crippen LogP) is 4.66. The zero-order valence-electron chi connectivity index (χ0n) is 10.7. The van der Waals surface area contributed by atoms with Gasteiger partial charge in [-0.1, -0.05) is 28.1 Å². The van der Waals surface area contributed by atoms with E-state index >= 15 is 0 Å². The van der Waals surface area contributed by atoms with Crippen molar-refractivity contribution < 1.29 is 9.66 Å². The molecular formula is C14H12BrNO3S. The highest BCUT2D eigenvalue weighted by atomic mass is 79.9. The minimum absolute atomic E-state index is 0.136. The van der Waals surface area contributed by atoms with E-state index in [1.54, 1.807) is 25.3 Å². The standard InChI is InChI=1S/C14H12BrNO3S/c1-19-11-6-7-12(15)10(8-11)9-20-14-5-3-2-4-13(14)16(17)18/h2-8H,9H2,1H3. The lowest BCUT2D eigenvalue weighted by molar-refractivity contribution is -0.387. The third-order valence-electron chi connectivity index (χ3n) is 2.70. The molecule has 0 bridgehead atoms. The molecule has 0 unspecified atom stereocenters. The first-order valence-electron chi connectivity index (χ1n) is 5.80.